The molecule has 0 fully saturated rings. The smallest absolute Gasteiger partial charge is 0.323 e. The molecule has 324 valence electrons. The summed E-state index contributed by atoms with van der Waals surface area (Å²) in [6.45, 7) is 3.06. The van der Waals surface area contributed by atoms with E-state index in [1.165, 1.54) is 50.2 Å². The quantitative estimate of drug-likeness (QED) is 0.0793. The van der Waals surface area contributed by atoms with Crippen LogP contribution in [0.15, 0.2) is 105 Å². The van der Waals surface area contributed by atoms with Crippen LogP contribution in [-0.2, 0) is 40.5 Å². The number of carbonyl (C=O) groups is 3. The normalized spacial score (nSPS) is 12.2. The average molecular weight is 931 g/mol. The number of fused-ring (bicyclic) bond motifs is 2. The molecule has 6 aromatic carbocycles. The fraction of sp³-hybridized carbons (Fsp3) is 0.0541. The molecule has 0 atom stereocenters. The van der Waals surface area contributed by atoms with Gasteiger partial charge in [-0.05, 0) is 109 Å². The Morgan fingerprint density at radius 1 is 0.419 bits per heavy atom. The lowest BCUT2D eigenvalue weighted by Gasteiger charge is -2.15. The van der Waals surface area contributed by atoms with Crippen molar-refractivity contribution in [2.45, 2.75) is 33.4 Å². The number of nitrogens with one attached hydrogen (secondary N) is 4. The Hall–Kier alpha value is -6.71. The highest BCUT2D eigenvalue weighted by atomic mass is 32.2. The molecule has 0 saturated heterocycles. The van der Waals surface area contributed by atoms with Crippen molar-refractivity contribution in [3.8, 4) is 11.5 Å². The predicted octanol–water partition coefficient (Wildman–Crippen LogP) is 5.16. The molecule has 21 nitrogen and oxygen atoms in total. The minimum atomic E-state index is -4.92. The molecule has 0 radical (unpaired) electrons. The molecule has 0 aliphatic carbocycles. The van der Waals surface area contributed by atoms with E-state index < -0.39 is 89.4 Å². The third kappa shape index (κ3) is 9.59. The lowest BCUT2D eigenvalue weighted by atomic mass is 10.1. The Labute approximate surface area is 351 Å². The third-order valence-corrected chi connectivity index (χ3v) is 12.4. The van der Waals surface area contributed by atoms with Crippen LogP contribution in [-0.4, -0.2) is 79.9 Å². The van der Waals surface area contributed by atoms with Crippen LogP contribution in [0.2, 0.25) is 0 Å². The van der Waals surface area contributed by atoms with Crippen molar-refractivity contribution < 1.29 is 76.5 Å². The summed E-state index contributed by atoms with van der Waals surface area (Å²) in [6.07, 6.45) is 0. The highest BCUT2D eigenvalue weighted by molar-refractivity contribution is 7.86. The first-order valence-electron chi connectivity index (χ1n) is 17.0. The maximum Gasteiger partial charge on any atom is 0.323 e. The summed E-state index contributed by atoms with van der Waals surface area (Å²) < 4.78 is 133. The molecule has 0 saturated carbocycles. The van der Waals surface area contributed by atoms with Crippen molar-refractivity contribution in [2.24, 2.45) is 0 Å². The van der Waals surface area contributed by atoms with E-state index >= 15 is 0 Å². The van der Waals surface area contributed by atoms with Crippen molar-refractivity contribution in [2.75, 3.05) is 21.3 Å². The van der Waals surface area contributed by atoms with E-state index in [0.717, 1.165) is 36.4 Å². The van der Waals surface area contributed by atoms with Crippen LogP contribution in [0.25, 0.3) is 21.5 Å². The minimum absolute atomic E-state index is 0.0339. The number of aromatic hydroxyl groups is 2. The molecule has 62 heavy (non-hydrogen) atoms. The fourth-order valence-electron chi connectivity index (χ4n) is 6.23. The zero-order chi connectivity index (χ0) is 45.9. The number of phenols is 2. The van der Waals surface area contributed by atoms with Gasteiger partial charge in [0.15, 0.2) is 0 Å². The maximum atomic E-state index is 13.3. The van der Waals surface area contributed by atoms with Gasteiger partial charge in [-0.1, -0.05) is 0 Å². The van der Waals surface area contributed by atoms with Crippen molar-refractivity contribution in [3.63, 3.8) is 0 Å². The minimum Gasteiger partial charge on any atom is -0.507 e. The van der Waals surface area contributed by atoms with Crippen molar-refractivity contribution in [1.29, 1.82) is 0 Å². The molecule has 10 N–H and O–H groups in total. The maximum absolute atomic E-state index is 13.3. The van der Waals surface area contributed by atoms with Gasteiger partial charge in [-0.15, -0.1) is 0 Å². The number of anilines is 4. The molecule has 0 bridgehead atoms. The van der Waals surface area contributed by atoms with Gasteiger partial charge in [-0.25, -0.2) is 4.79 Å². The summed E-state index contributed by atoms with van der Waals surface area (Å²) in [6, 6.07) is 13.5. The van der Waals surface area contributed by atoms with E-state index in [4.69, 9.17) is 0 Å². The molecule has 0 aliphatic rings. The first-order valence-corrected chi connectivity index (χ1v) is 22.8. The number of urea groups is 1. The Bertz CT molecular complexity index is 3180. The molecule has 0 spiro atoms. The second kappa shape index (κ2) is 16.0. The number of hydrogen-bond donors (Lipinski definition) is 10. The Morgan fingerprint density at radius 3 is 1.02 bits per heavy atom. The van der Waals surface area contributed by atoms with E-state index in [1.807, 2.05) is 0 Å². The van der Waals surface area contributed by atoms with Gasteiger partial charge in [0, 0.05) is 45.4 Å². The lowest BCUT2D eigenvalue weighted by Crippen LogP contribution is -2.21. The summed E-state index contributed by atoms with van der Waals surface area (Å²) in [5, 5.41) is 30.2. The fourth-order valence-corrected chi connectivity index (χ4v) is 8.38. The van der Waals surface area contributed by atoms with Gasteiger partial charge in [-0.2, -0.15) is 33.7 Å². The van der Waals surface area contributed by atoms with Gasteiger partial charge >= 0.3 is 6.03 Å². The number of phenolic OH excluding ortho intramolecular Hbond substituents is 2. The van der Waals surface area contributed by atoms with Gasteiger partial charge in [0.1, 0.15) is 11.5 Å². The van der Waals surface area contributed by atoms with E-state index in [-0.39, 0.29) is 55.4 Å². The third-order valence-electron chi connectivity index (χ3n) is 9.11. The topological polar surface area (TPSA) is 357 Å². The van der Waals surface area contributed by atoms with Gasteiger partial charge in [0.05, 0.1) is 31.0 Å². The molecule has 4 amide bonds. The zero-order valence-electron chi connectivity index (χ0n) is 31.4. The van der Waals surface area contributed by atoms with Gasteiger partial charge in [-0.3, -0.25) is 27.8 Å². The van der Waals surface area contributed by atoms with E-state index in [1.54, 1.807) is 0 Å². The summed E-state index contributed by atoms with van der Waals surface area (Å²) in [4.78, 5) is 36.6. The van der Waals surface area contributed by atoms with Crippen LogP contribution >= 0.6 is 0 Å². The Kier molecular flexibility index (Phi) is 11.5. The standard InChI is InChI=1S/C37H30N4O17S4/c1-17-7-19(35(44)38-29-13-23(59(47,48)49)9-21-11-25(61(53,54)55)15-31(42)33(21)29)3-5-27(17)40-37(46)41-28-6-4-20(8-18(28)2)36(45)39-30-14-24(60(50,51)52)10-22-12-26(62(56,57)58)16-32(43)34(22)30/h3-16,42-43H,1-2H3,(H,38,44)(H,39,45)(H2,40,41,46)(H,47,48,49)(H,50,51,52)(H,53,54,55)(H,56,57,58). The molecule has 6 rings (SSSR count). The van der Waals surface area contributed by atoms with Gasteiger partial charge in [0.25, 0.3) is 52.3 Å². The SMILES string of the molecule is Cc1cc(C(=O)Nc2cc(S(=O)(=O)O)cc3cc(S(=O)(=O)O)cc(O)c23)ccc1NC(=O)Nc1ccc(C(=O)Nc2cc(S(=O)(=O)O)cc3cc(S(=O)(=O)O)cc(O)c23)cc1C. The number of hydrogen-bond acceptors (Lipinski definition) is 13. The first-order chi connectivity index (χ1) is 28.6. The molecule has 0 aromatic heterocycles. The molecule has 25 heteroatoms. The van der Waals surface area contributed by atoms with E-state index in [9.17, 15) is 76.5 Å². The van der Waals surface area contributed by atoms with Crippen LogP contribution in [0.1, 0.15) is 31.8 Å². The predicted molar refractivity (Wildman–Crippen MR) is 221 cm³/mol. The van der Waals surface area contributed by atoms with Crippen molar-refractivity contribution >= 4 is 103 Å². The molecule has 6 aromatic rings. The molecule has 0 heterocycles. The van der Waals surface area contributed by atoms with Crippen LogP contribution < -0.4 is 21.3 Å². The summed E-state index contributed by atoms with van der Waals surface area (Å²) >= 11 is 0. The highest BCUT2D eigenvalue weighted by Crippen LogP contribution is 2.39. The molecule has 0 aliphatic heterocycles. The highest BCUT2D eigenvalue weighted by Gasteiger charge is 2.23. The largest absolute Gasteiger partial charge is 0.507 e. The monoisotopic (exact) mass is 930 g/mol. The van der Waals surface area contributed by atoms with Crippen LogP contribution in [0.4, 0.5) is 27.5 Å². The first kappa shape index (κ1) is 44.8. The summed E-state index contributed by atoms with van der Waals surface area (Å²) in [5.41, 5.74) is 0.352. The number of rotatable bonds is 10. The lowest BCUT2D eigenvalue weighted by molar-refractivity contribution is 0.101. The van der Waals surface area contributed by atoms with Crippen LogP contribution in [0.3, 0.4) is 0 Å². The van der Waals surface area contributed by atoms with Crippen LogP contribution in [0.5, 0.6) is 11.5 Å². The van der Waals surface area contributed by atoms with Crippen molar-refractivity contribution in [3.05, 3.63) is 107 Å². The van der Waals surface area contributed by atoms with Crippen LogP contribution in [0, 0.1) is 13.8 Å². The Morgan fingerprint density at radius 2 is 0.726 bits per heavy atom. The number of benzene rings is 6. The second-order valence-electron chi connectivity index (χ2n) is 13.5. The van der Waals surface area contributed by atoms with E-state index in [0.29, 0.717) is 23.3 Å². The molecular weight excluding hydrogens is 901 g/mol. The molecular formula is C37H30N4O17S4. The number of carbonyl (C=O) groups excluding carboxylic acids is 3. The zero-order valence-corrected chi connectivity index (χ0v) is 34.7. The van der Waals surface area contributed by atoms with Crippen molar-refractivity contribution in [1.82, 2.24) is 0 Å². The van der Waals surface area contributed by atoms with Gasteiger partial charge < -0.3 is 31.5 Å². The second-order valence-corrected chi connectivity index (χ2v) is 19.2. The number of amides is 4. The number of aryl methyl sites for hydroxylation is 2. The summed E-state index contributed by atoms with van der Waals surface area (Å²) in [7, 11) is -19.6. The summed E-state index contributed by atoms with van der Waals surface area (Å²) in [5.74, 6) is -3.25. The Balaban J connectivity index is 1.18. The van der Waals surface area contributed by atoms with E-state index in [2.05, 4.69) is 21.3 Å². The average Bonchev–Trinajstić information content (AvgIpc) is 3.14. The van der Waals surface area contributed by atoms with Gasteiger partial charge in [0.2, 0.25) is 0 Å². The molecule has 0 unspecified atom stereocenters.